The Kier molecular flexibility index (Phi) is 2.84. The van der Waals surface area contributed by atoms with Crippen LogP contribution in [0.4, 0.5) is 0 Å². The number of hydrogen-bond acceptors (Lipinski definition) is 2. The van der Waals surface area contributed by atoms with Gasteiger partial charge in [-0.2, -0.15) is 0 Å². The number of aryl methyl sites for hydroxylation is 1. The monoisotopic (exact) mass is 207 g/mol. The van der Waals surface area contributed by atoms with E-state index in [0.717, 1.165) is 13.0 Å². The second-order valence-electron chi connectivity index (χ2n) is 4.05. The predicted octanol–water partition coefficient (Wildman–Crippen LogP) is 2.92. The summed E-state index contributed by atoms with van der Waals surface area (Å²) in [6, 6.07) is 6.79. The van der Waals surface area contributed by atoms with Crippen LogP contribution in [0, 0.1) is 6.92 Å². The van der Waals surface area contributed by atoms with Gasteiger partial charge in [-0.1, -0.05) is 24.6 Å². The lowest BCUT2D eigenvalue weighted by molar-refractivity contribution is 0.633. The summed E-state index contributed by atoms with van der Waals surface area (Å²) in [5.41, 5.74) is 8.52. The molecule has 2 N–H and O–H groups in total. The highest BCUT2D eigenvalue weighted by Crippen LogP contribution is 2.46. The molecule has 1 heterocycles. The Labute approximate surface area is 90.1 Å². The zero-order valence-electron chi connectivity index (χ0n) is 8.79. The molecule has 0 aliphatic carbocycles. The first-order chi connectivity index (χ1) is 6.72. The number of thioether (sulfide) groups is 1. The van der Waals surface area contributed by atoms with Crippen LogP contribution in [-0.2, 0) is 0 Å². The van der Waals surface area contributed by atoms with E-state index in [-0.39, 0.29) is 0 Å². The molecule has 14 heavy (non-hydrogen) atoms. The molecule has 0 amide bonds. The van der Waals surface area contributed by atoms with Gasteiger partial charge in [-0.3, -0.25) is 0 Å². The molecule has 1 aromatic carbocycles. The van der Waals surface area contributed by atoms with Crippen LogP contribution in [0.3, 0.4) is 0 Å². The predicted molar refractivity (Wildman–Crippen MR) is 62.9 cm³/mol. The fourth-order valence-electron chi connectivity index (χ4n) is 2.16. The molecule has 0 radical (unpaired) electrons. The van der Waals surface area contributed by atoms with Gasteiger partial charge in [-0.25, -0.2) is 0 Å². The van der Waals surface area contributed by atoms with Crippen molar-refractivity contribution in [2.45, 2.75) is 36.3 Å². The molecule has 2 rings (SSSR count). The van der Waals surface area contributed by atoms with E-state index in [1.54, 1.807) is 0 Å². The van der Waals surface area contributed by atoms with Crippen LogP contribution in [-0.4, -0.2) is 11.8 Å². The van der Waals surface area contributed by atoms with Gasteiger partial charge in [0.15, 0.2) is 0 Å². The minimum atomic E-state index is 0.667. The highest BCUT2D eigenvalue weighted by Gasteiger charge is 2.29. The summed E-state index contributed by atoms with van der Waals surface area (Å²) < 4.78 is 0. The van der Waals surface area contributed by atoms with E-state index in [0.29, 0.717) is 11.2 Å². The molecule has 1 aliphatic heterocycles. The molecular weight excluding hydrogens is 190 g/mol. The Balaban J connectivity index is 2.33. The fourth-order valence-corrected chi connectivity index (χ4v) is 3.61. The zero-order valence-corrected chi connectivity index (χ0v) is 9.60. The molecule has 2 unspecified atom stereocenters. The molecule has 2 atom stereocenters. The Morgan fingerprint density at radius 2 is 2.21 bits per heavy atom. The maximum atomic E-state index is 5.65. The first kappa shape index (κ1) is 10.1. The third-order valence-electron chi connectivity index (χ3n) is 2.93. The van der Waals surface area contributed by atoms with Crippen molar-refractivity contribution in [1.29, 1.82) is 0 Å². The maximum absolute atomic E-state index is 5.65. The van der Waals surface area contributed by atoms with Crippen molar-refractivity contribution in [3.8, 4) is 0 Å². The van der Waals surface area contributed by atoms with E-state index in [1.807, 2.05) is 11.8 Å². The van der Waals surface area contributed by atoms with E-state index in [2.05, 4.69) is 32.0 Å². The number of hydrogen-bond donors (Lipinski definition) is 1. The van der Waals surface area contributed by atoms with Crippen molar-refractivity contribution in [2.24, 2.45) is 5.73 Å². The Hall–Kier alpha value is -0.470. The number of nitrogens with two attached hydrogens (primary N) is 1. The molecule has 0 aromatic heterocycles. The molecule has 1 aliphatic rings. The summed E-state index contributed by atoms with van der Waals surface area (Å²) in [5.74, 6) is 0.667. The lowest BCUT2D eigenvalue weighted by atomic mass is 9.93. The SMILES string of the molecule is Cc1ccc2c(c1)SC(C)C2CCN. The lowest BCUT2D eigenvalue weighted by Gasteiger charge is -2.13. The third kappa shape index (κ3) is 1.69. The molecule has 0 bridgehead atoms. The van der Waals surface area contributed by atoms with Gasteiger partial charge >= 0.3 is 0 Å². The lowest BCUT2D eigenvalue weighted by Crippen LogP contribution is -2.11. The molecule has 0 spiro atoms. The summed E-state index contributed by atoms with van der Waals surface area (Å²) in [7, 11) is 0. The summed E-state index contributed by atoms with van der Waals surface area (Å²) in [4.78, 5) is 1.47. The van der Waals surface area contributed by atoms with Gasteiger partial charge in [0.25, 0.3) is 0 Å². The second kappa shape index (κ2) is 3.95. The highest BCUT2D eigenvalue weighted by molar-refractivity contribution is 8.00. The van der Waals surface area contributed by atoms with Gasteiger partial charge in [0, 0.05) is 10.1 Å². The van der Waals surface area contributed by atoms with E-state index in [9.17, 15) is 0 Å². The summed E-state index contributed by atoms with van der Waals surface area (Å²) in [6.45, 7) is 5.25. The topological polar surface area (TPSA) is 26.0 Å². The quantitative estimate of drug-likeness (QED) is 0.807. The maximum Gasteiger partial charge on any atom is 0.0136 e. The van der Waals surface area contributed by atoms with Gasteiger partial charge in [0.2, 0.25) is 0 Å². The first-order valence-electron chi connectivity index (χ1n) is 5.19. The molecule has 0 fully saturated rings. The number of fused-ring (bicyclic) bond motifs is 1. The van der Waals surface area contributed by atoms with Crippen molar-refractivity contribution in [2.75, 3.05) is 6.54 Å². The molecule has 76 valence electrons. The minimum absolute atomic E-state index is 0.667. The average molecular weight is 207 g/mol. The standard InChI is InChI=1S/C12H17NS/c1-8-3-4-11-10(5-6-13)9(2)14-12(11)7-8/h3-4,7,9-10H,5-6,13H2,1-2H3. The Morgan fingerprint density at radius 3 is 2.93 bits per heavy atom. The van der Waals surface area contributed by atoms with Gasteiger partial charge in [0.1, 0.15) is 0 Å². The smallest absolute Gasteiger partial charge is 0.0136 e. The molecule has 1 nitrogen and oxygen atoms in total. The van der Waals surface area contributed by atoms with Crippen LogP contribution in [0.2, 0.25) is 0 Å². The van der Waals surface area contributed by atoms with Crippen LogP contribution >= 0.6 is 11.8 Å². The van der Waals surface area contributed by atoms with Gasteiger partial charge in [-0.05, 0) is 37.4 Å². The van der Waals surface area contributed by atoms with Crippen molar-refractivity contribution < 1.29 is 0 Å². The Morgan fingerprint density at radius 1 is 1.43 bits per heavy atom. The first-order valence-corrected chi connectivity index (χ1v) is 6.07. The van der Waals surface area contributed by atoms with Crippen molar-refractivity contribution in [3.63, 3.8) is 0 Å². The van der Waals surface area contributed by atoms with Crippen LogP contribution in [0.15, 0.2) is 23.1 Å². The summed E-state index contributed by atoms with van der Waals surface area (Å²) in [5, 5.41) is 0.690. The molecule has 0 saturated carbocycles. The number of benzene rings is 1. The number of rotatable bonds is 2. The van der Waals surface area contributed by atoms with Crippen LogP contribution < -0.4 is 5.73 Å². The van der Waals surface area contributed by atoms with E-state index in [4.69, 9.17) is 5.73 Å². The van der Waals surface area contributed by atoms with Crippen molar-refractivity contribution in [1.82, 2.24) is 0 Å². The highest BCUT2D eigenvalue weighted by atomic mass is 32.2. The van der Waals surface area contributed by atoms with Crippen LogP contribution in [0.25, 0.3) is 0 Å². The third-order valence-corrected chi connectivity index (χ3v) is 4.23. The van der Waals surface area contributed by atoms with Gasteiger partial charge in [0.05, 0.1) is 0 Å². The zero-order chi connectivity index (χ0) is 10.1. The Bertz CT molecular complexity index is 335. The molecule has 0 saturated heterocycles. The van der Waals surface area contributed by atoms with Gasteiger partial charge < -0.3 is 5.73 Å². The average Bonchev–Trinajstić information content (AvgIpc) is 2.43. The van der Waals surface area contributed by atoms with Crippen LogP contribution in [0.1, 0.15) is 30.4 Å². The van der Waals surface area contributed by atoms with E-state index in [1.165, 1.54) is 16.0 Å². The van der Waals surface area contributed by atoms with Crippen LogP contribution in [0.5, 0.6) is 0 Å². The summed E-state index contributed by atoms with van der Waals surface area (Å²) >= 11 is 2.00. The summed E-state index contributed by atoms with van der Waals surface area (Å²) in [6.07, 6.45) is 1.12. The van der Waals surface area contributed by atoms with Crippen molar-refractivity contribution in [3.05, 3.63) is 29.3 Å². The minimum Gasteiger partial charge on any atom is -0.330 e. The normalized spacial score (nSPS) is 25.1. The molecule has 2 heteroatoms. The van der Waals surface area contributed by atoms with Gasteiger partial charge in [-0.15, -0.1) is 11.8 Å². The van der Waals surface area contributed by atoms with Crippen molar-refractivity contribution >= 4 is 11.8 Å². The largest absolute Gasteiger partial charge is 0.330 e. The fraction of sp³-hybridized carbons (Fsp3) is 0.500. The van der Waals surface area contributed by atoms with E-state index < -0.39 is 0 Å². The molecule has 1 aromatic rings. The molecular formula is C12H17NS. The van der Waals surface area contributed by atoms with E-state index >= 15 is 0 Å². The second-order valence-corrected chi connectivity index (χ2v) is 5.47.